The zero-order valence-corrected chi connectivity index (χ0v) is 18.5. The van der Waals surface area contributed by atoms with Gasteiger partial charge >= 0.3 is 5.97 Å². The maximum absolute atomic E-state index is 12.3. The summed E-state index contributed by atoms with van der Waals surface area (Å²) in [7, 11) is 1.32. The highest BCUT2D eigenvalue weighted by atomic mass is 32.2. The largest absolute Gasteiger partial charge is 0.465 e. The average Bonchev–Trinajstić information content (AvgIpc) is 2.84. The van der Waals surface area contributed by atoms with Crippen molar-refractivity contribution < 1.29 is 19.1 Å². The highest BCUT2D eigenvalue weighted by molar-refractivity contribution is 8.04. The summed E-state index contributed by atoms with van der Waals surface area (Å²) >= 11 is 1.44. The number of fused-ring (bicyclic) bond motifs is 1. The van der Waals surface area contributed by atoms with Crippen LogP contribution in [0.4, 0.5) is 11.4 Å². The van der Waals surface area contributed by atoms with Gasteiger partial charge in [0, 0.05) is 16.7 Å². The molecule has 1 heterocycles. The van der Waals surface area contributed by atoms with Crippen LogP contribution in [0.1, 0.15) is 21.5 Å². The average molecular weight is 457 g/mol. The molecule has 2 amide bonds. The predicted octanol–water partition coefficient (Wildman–Crippen LogP) is 5.21. The van der Waals surface area contributed by atoms with Gasteiger partial charge in [-0.15, -0.1) is 0 Å². The molecule has 0 radical (unpaired) electrons. The SMILES string of the molecule is COC(=O)c1ccc(NC(=O)/C=C/c2ccc(/C=C3\Sc4ccccc4NC3=O)cc2)cc1. The Morgan fingerprint density at radius 1 is 0.939 bits per heavy atom. The Bertz CT molecular complexity index is 1260. The molecule has 0 saturated carbocycles. The van der Waals surface area contributed by atoms with E-state index >= 15 is 0 Å². The monoisotopic (exact) mass is 456 g/mol. The molecule has 1 aliphatic rings. The number of anilines is 2. The molecule has 0 saturated heterocycles. The van der Waals surface area contributed by atoms with Gasteiger partial charge in [-0.2, -0.15) is 0 Å². The third-order valence-electron chi connectivity index (χ3n) is 4.81. The van der Waals surface area contributed by atoms with E-state index in [2.05, 4.69) is 15.4 Å². The molecule has 0 spiro atoms. The molecule has 0 bridgehead atoms. The molecule has 0 atom stereocenters. The van der Waals surface area contributed by atoms with Crippen LogP contribution in [0.2, 0.25) is 0 Å². The Balaban J connectivity index is 1.37. The van der Waals surface area contributed by atoms with E-state index in [4.69, 9.17) is 0 Å². The molecule has 4 rings (SSSR count). The fourth-order valence-corrected chi connectivity index (χ4v) is 4.07. The first-order chi connectivity index (χ1) is 16.0. The molecule has 0 aliphatic carbocycles. The second kappa shape index (κ2) is 10.0. The number of methoxy groups -OCH3 is 1. The number of benzene rings is 3. The molecule has 3 aromatic carbocycles. The number of carbonyl (C=O) groups is 3. The van der Waals surface area contributed by atoms with E-state index in [9.17, 15) is 14.4 Å². The van der Waals surface area contributed by atoms with Crippen molar-refractivity contribution in [1.29, 1.82) is 0 Å². The number of rotatable bonds is 5. The van der Waals surface area contributed by atoms with Gasteiger partial charge < -0.3 is 15.4 Å². The summed E-state index contributed by atoms with van der Waals surface area (Å²) in [6.07, 6.45) is 4.98. The summed E-state index contributed by atoms with van der Waals surface area (Å²) in [5.41, 5.74) is 3.54. The van der Waals surface area contributed by atoms with Crippen LogP contribution in [-0.4, -0.2) is 24.9 Å². The maximum atomic E-state index is 12.3. The summed E-state index contributed by atoms with van der Waals surface area (Å²) in [4.78, 5) is 37.6. The van der Waals surface area contributed by atoms with Crippen LogP contribution in [0.5, 0.6) is 0 Å². The van der Waals surface area contributed by atoms with Crippen molar-refractivity contribution in [3.63, 3.8) is 0 Å². The quantitative estimate of drug-likeness (QED) is 0.407. The lowest BCUT2D eigenvalue weighted by Gasteiger charge is -2.18. The minimum atomic E-state index is -0.431. The number of nitrogens with one attached hydrogen (secondary N) is 2. The van der Waals surface area contributed by atoms with Crippen LogP contribution in [0.25, 0.3) is 12.2 Å². The minimum absolute atomic E-state index is 0.126. The lowest BCUT2D eigenvalue weighted by molar-refractivity contribution is -0.112. The third-order valence-corrected chi connectivity index (χ3v) is 5.91. The van der Waals surface area contributed by atoms with Crippen molar-refractivity contribution in [1.82, 2.24) is 0 Å². The zero-order valence-electron chi connectivity index (χ0n) is 17.7. The van der Waals surface area contributed by atoms with Gasteiger partial charge in [0.1, 0.15) is 0 Å². The Morgan fingerprint density at radius 2 is 1.64 bits per heavy atom. The Labute approximate surface area is 195 Å². The molecule has 7 heteroatoms. The van der Waals surface area contributed by atoms with Gasteiger partial charge in [0.25, 0.3) is 5.91 Å². The van der Waals surface area contributed by atoms with Crippen LogP contribution in [0.15, 0.2) is 88.7 Å². The summed E-state index contributed by atoms with van der Waals surface area (Å²) in [5, 5.41) is 5.64. The molecule has 3 aromatic rings. The van der Waals surface area contributed by atoms with Gasteiger partial charge in [0.05, 0.1) is 23.3 Å². The first-order valence-corrected chi connectivity index (χ1v) is 10.9. The van der Waals surface area contributed by atoms with E-state index in [0.717, 1.165) is 21.7 Å². The number of para-hydroxylation sites is 1. The standard InChI is InChI=1S/C26H20N2O4S/c1-32-26(31)19-11-13-20(14-12-19)27-24(29)15-10-17-6-8-18(9-7-17)16-23-25(30)28-21-4-2-3-5-22(21)33-23/h2-16H,1H3,(H,27,29)(H,28,30)/b15-10+,23-16-. The summed E-state index contributed by atoms with van der Waals surface area (Å²) < 4.78 is 4.65. The molecule has 164 valence electrons. The van der Waals surface area contributed by atoms with Crippen molar-refractivity contribution >= 4 is 53.1 Å². The normalized spacial score (nSPS) is 14.0. The van der Waals surface area contributed by atoms with Crippen LogP contribution in [0, 0.1) is 0 Å². The Kier molecular flexibility index (Phi) is 6.71. The number of amides is 2. The Hall–Kier alpha value is -4.10. The van der Waals surface area contributed by atoms with Crippen LogP contribution < -0.4 is 10.6 Å². The first kappa shape index (κ1) is 22.1. The van der Waals surface area contributed by atoms with Gasteiger partial charge in [-0.1, -0.05) is 48.2 Å². The molecular formula is C26H20N2O4S. The second-order valence-corrected chi connectivity index (χ2v) is 8.20. The highest BCUT2D eigenvalue weighted by Gasteiger charge is 2.20. The smallest absolute Gasteiger partial charge is 0.337 e. The molecule has 0 fully saturated rings. The van der Waals surface area contributed by atoms with E-state index in [1.54, 1.807) is 30.3 Å². The Morgan fingerprint density at radius 3 is 2.36 bits per heavy atom. The number of carbonyl (C=O) groups excluding carboxylic acids is 3. The molecule has 0 aromatic heterocycles. The van der Waals surface area contributed by atoms with Crippen molar-refractivity contribution in [3.8, 4) is 0 Å². The third kappa shape index (κ3) is 5.58. The van der Waals surface area contributed by atoms with E-state index in [1.165, 1.54) is 24.9 Å². The number of hydrogen-bond acceptors (Lipinski definition) is 5. The van der Waals surface area contributed by atoms with Crippen molar-refractivity contribution in [3.05, 3.63) is 100 Å². The topological polar surface area (TPSA) is 84.5 Å². The summed E-state index contributed by atoms with van der Waals surface area (Å²) in [5.74, 6) is -0.848. The van der Waals surface area contributed by atoms with E-state index in [-0.39, 0.29) is 11.8 Å². The predicted molar refractivity (Wildman–Crippen MR) is 131 cm³/mol. The lowest BCUT2D eigenvalue weighted by atomic mass is 10.1. The molecule has 0 unspecified atom stereocenters. The first-order valence-electron chi connectivity index (χ1n) is 10.1. The van der Waals surface area contributed by atoms with Crippen LogP contribution in [-0.2, 0) is 14.3 Å². The van der Waals surface area contributed by atoms with E-state index < -0.39 is 5.97 Å². The van der Waals surface area contributed by atoms with Gasteiger partial charge in [0.15, 0.2) is 0 Å². The summed E-state index contributed by atoms with van der Waals surface area (Å²) in [6.45, 7) is 0. The van der Waals surface area contributed by atoms with E-state index in [0.29, 0.717) is 16.2 Å². The second-order valence-electron chi connectivity index (χ2n) is 7.12. The minimum Gasteiger partial charge on any atom is -0.465 e. The molecule has 2 N–H and O–H groups in total. The molecular weight excluding hydrogens is 436 g/mol. The highest BCUT2D eigenvalue weighted by Crippen LogP contribution is 2.38. The maximum Gasteiger partial charge on any atom is 0.337 e. The molecule has 6 nitrogen and oxygen atoms in total. The zero-order chi connectivity index (χ0) is 23.2. The number of ether oxygens (including phenoxy) is 1. The number of hydrogen-bond donors (Lipinski definition) is 2. The van der Waals surface area contributed by atoms with Crippen molar-refractivity contribution in [2.45, 2.75) is 4.90 Å². The summed E-state index contributed by atoms with van der Waals surface area (Å²) in [6, 6.07) is 21.7. The van der Waals surface area contributed by atoms with Gasteiger partial charge in [-0.3, -0.25) is 9.59 Å². The lowest BCUT2D eigenvalue weighted by Crippen LogP contribution is -2.17. The number of thioether (sulfide) groups is 1. The van der Waals surface area contributed by atoms with Gasteiger partial charge in [-0.25, -0.2) is 4.79 Å². The van der Waals surface area contributed by atoms with Crippen molar-refractivity contribution in [2.75, 3.05) is 17.7 Å². The fourth-order valence-electron chi connectivity index (χ4n) is 3.12. The van der Waals surface area contributed by atoms with Crippen LogP contribution in [0.3, 0.4) is 0 Å². The van der Waals surface area contributed by atoms with Gasteiger partial charge in [-0.05, 0) is 59.7 Å². The van der Waals surface area contributed by atoms with Gasteiger partial charge in [0.2, 0.25) is 5.91 Å². The van der Waals surface area contributed by atoms with Crippen molar-refractivity contribution in [2.24, 2.45) is 0 Å². The number of esters is 1. The fraction of sp³-hybridized carbons (Fsp3) is 0.0385. The van der Waals surface area contributed by atoms with E-state index in [1.807, 2.05) is 54.6 Å². The van der Waals surface area contributed by atoms with Crippen LogP contribution >= 0.6 is 11.8 Å². The molecule has 33 heavy (non-hydrogen) atoms. The molecule has 1 aliphatic heterocycles.